The van der Waals surface area contributed by atoms with Crippen LogP contribution in [0.3, 0.4) is 0 Å². The van der Waals surface area contributed by atoms with Crippen molar-refractivity contribution in [3.8, 4) is 0 Å². The number of hydrogen-bond acceptors (Lipinski definition) is 6. The van der Waals surface area contributed by atoms with E-state index in [9.17, 15) is 14.4 Å². The van der Waals surface area contributed by atoms with Crippen LogP contribution in [0.25, 0.3) is 0 Å². The number of anilines is 1. The van der Waals surface area contributed by atoms with Gasteiger partial charge < -0.3 is 9.64 Å². The van der Waals surface area contributed by atoms with Crippen molar-refractivity contribution in [2.75, 3.05) is 18.0 Å². The Labute approximate surface area is 220 Å². The second-order valence-corrected chi connectivity index (χ2v) is 9.10. The average molecular weight is 516 g/mol. The zero-order chi connectivity index (χ0) is 27.5. The van der Waals surface area contributed by atoms with Crippen LogP contribution in [0.5, 0.6) is 0 Å². The summed E-state index contributed by atoms with van der Waals surface area (Å²) in [5.41, 5.74) is 0.832. The molecule has 0 bridgehead atoms. The number of carbonyl (C=O) groups is 3. The number of nitrogens with zero attached hydrogens (tertiary/aromatic N) is 5. The van der Waals surface area contributed by atoms with Gasteiger partial charge in [-0.2, -0.15) is 10.2 Å². The molecule has 4 rings (SSSR count). The van der Waals surface area contributed by atoms with Gasteiger partial charge in [-0.25, -0.2) is 4.79 Å². The molecule has 204 valence electrons. The first-order valence-electron chi connectivity index (χ1n) is 13.0. The van der Waals surface area contributed by atoms with Crippen LogP contribution in [-0.2, 0) is 32.8 Å². The summed E-state index contributed by atoms with van der Waals surface area (Å²) in [6.07, 6.45) is 1.02. The largest absolute Gasteiger partial charge is 0.443 e. The zero-order valence-electron chi connectivity index (χ0n) is 23.1. The molecule has 37 heavy (non-hydrogen) atoms. The van der Waals surface area contributed by atoms with Crippen molar-refractivity contribution in [1.29, 1.82) is 0 Å². The molecule has 2 aliphatic rings. The van der Waals surface area contributed by atoms with Crippen molar-refractivity contribution in [2.45, 2.75) is 73.3 Å². The van der Waals surface area contributed by atoms with Gasteiger partial charge in [0.05, 0.1) is 6.54 Å². The summed E-state index contributed by atoms with van der Waals surface area (Å²) in [5.74, 6) is 0.0423. The minimum absolute atomic E-state index is 0.0381. The standard InChI is InChI=1S/C22H27N5O5.C3H8.C2H6/c1-15(2)11-17-21(29)26-13-20(28)25(18-9-10-24(3)23-18)12-19(26)27(32-17)22(30)31-14-16-7-5-4-6-8-16;1-3-2;1-2/h4-10,15,17,19H,11-14H2,1-3H3;3H2,1-2H3;1-2H3. The highest BCUT2D eigenvalue weighted by Crippen LogP contribution is 2.28. The molecular formula is C27H41N5O5. The topological polar surface area (TPSA) is 97.2 Å². The molecule has 2 unspecified atom stereocenters. The van der Waals surface area contributed by atoms with E-state index in [0.29, 0.717) is 12.2 Å². The molecule has 0 saturated carbocycles. The molecule has 2 atom stereocenters. The summed E-state index contributed by atoms with van der Waals surface area (Å²) in [7, 11) is 1.75. The molecule has 0 N–H and O–H groups in total. The first kappa shape index (κ1) is 29.8. The van der Waals surface area contributed by atoms with Crippen LogP contribution in [0.1, 0.15) is 59.9 Å². The Bertz CT molecular complexity index is 1010. The van der Waals surface area contributed by atoms with E-state index in [1.54, 1.807) is 24.0 Å². The van der Waals surface area contributed by atoms with Crippen molar-refractivity contribution in [3.05, 3.63) is 48.2 Å². The summed E-state index contributed by atoms with van der Waals surface area (Å²) in [4.78, 5) is 47.6. The summed E-state index contributed by atoms with van der Waals surface area (Å²) in [6, 6.07) is 11.0. The first-order valence-corrected chi connectivity index (χ1v) is 13.0. The molecule has 10 nitrogen and oxygen atoms in total. The lowest BCUT2D eigenvalue weighted by Crippen LogP contribution is -2.70. The maximum atomic E-state index is 13.1. The lowest BCUT2D eigenvalue weighted by Gasteiger charge is -2.48. The van der Waals surface area contributed by atoms with E-state index in [2.05, 4.69) is 18.9 Å². The maximum Gasteiger partial charge on any atom is 0.436 e. The molecule has 1 aromatic carbocycles. The second-order valence-electron chi connectivity index (χ2n) is 9.10. The predicted octanol–water partition coefficient (Wildman–Crippen LogP) is 4.36. The van der Waals surface area contributed by atoms with E-state index in [1.807, 2.05) is 58.0 Å². The minimum atomic E-state index is -0.857. The van der Waals surface area contributed by atoms with Crippen LogP contribution in [0, 0.1) is 5.92 Å². The molecule has 3 heterocycles. The SMILES string of the molecule is CC.CC(C)CC1ON(C(=O)OCc2ccccc2)C2CN(c3ccn(C)n3)C(=O)CN2C1=O.CCC. The Morgan fingerprint density at radius 3 is 2.35 bits per heavy atom. The van der Waals surface area contributed by atoms with Gasteiger partial charge in [0.15, 0.2) is 18.1 Å². The number of hydrogen-bond donors (Lipinski definition) is 0. The third kappa shape index (κ3) is 7.79. The van der Waals surface area contributed by atoms with Gasteiger partial charge in [0.25, 0.3) is 5.91 Å². The van der Waals surface area contributed by atoms with Crippen molar-refractivity contribution in [3.63, 3.8) is 0 Å². The molecule has 0 aliphatic carbocycles. The molecular weight excluding hydrogens is 474 g/mol. The van der Waals surface area contributed by atoms with Crippen LogP contribution >= 0.6 is 0 Å². The number of aromatic nitrogens is 2. The molecule has 2 aliphatic heterocycles. The fourth-order valence-electron chi connectivity index (χ4n) is 3.85. The van der Waals surface area contributed by atoms with Crippen LogP contribution in [0.15, 0.2) is 42.6 Å². The normalized spacial score (nSPS) is 19.0. The Kier molecular flexibility index (Phi) is 11.6. The van der Waals surface area contributed by atoms with E-state index >= 15 is 0 Å². The number of piperazine rings is 1. The Balaban J connectivity index is 0.000000898. The molecule has 2 fully saturated rings. The smallest absolute Gasteiger partial charge is 0.436 e. The van der Waals surface area contributed by atoms with Gasteiger partial charge in [-0.15, -0.1) is 0 Å². The van der Waals surface area contributed by atoms with Gasteiger partial charge in [0.1, 0.15) is 13.2 Å². The molecule has 3 amide bonds. The monoisotopic (exact) mass is 515 g/mol. The molecule has 0 spiro atoms. The molecule has 0 radical (unpaired) electrons. The molecule has 2 aromatic rings. The summed E-state index contributed by atoms with van der Waals surface area (Å²) >= 11 is 0. The van der Waals surface area contributed by atoms with E-state index < -0.39 is 18.4 Å². The summed E-state index contributed by atoms with van der Waals surface area (Å²) in [5, 5.41) is 5.38. The number of rotatable bonds is 5. The van der Waals surface area contributed by atoms with Gasteiger partial charge in [-0.3, -0.25) is 24.0 Å². The van der Waals surface area contributed by atoms with Crippen LogP contribution < -0.4 is 4.90 Å². The van der Waals surface area contributed by atoms with Crippen LogP contribution in [-0.4, -0.2) is 63.0 Å². The highest BCUT2D eigenvalue weighted by molar-refractivity contribution is 5.98. The number of aryl methyl sites for hydroxylation is 1. The number of ether oxygens (including phenoxy) is 1. The van der Waals surface area contributed by atoms with Gasteiger partial charge in [-0.1, -0.05) is 78.3 Å². The van der Waals surface area contributed by atoms with Gasteiger partial charge in [-0.05, 0) is 17.9 Å². The number of hydroxylamine groups is 2. The van der Waals surface area contributed by atoms with Crippen molar-refractivity contribution < 1.29 is 24.0 Å². The Morgan fingerprint density at radius 1 is 1.14 bits per heavy atom. The Hall–Kier alpha value is -3.40. The minimum Gasteiger partial charge on any atom is -0.443 e. The quantitative estimate of drug-likeness (QED) is 0.587. The maximum absolute atomic E-state index is 13.1. The lowest BCUT2D eigenvalue weighted by atomic mass is 10.0. The van der Waals surface area contributed by atoms with Crippen LogP contribution in [0.2, 0.25) is 0 Å². The predicted molar refractivity (Wildman–Crippen MR) is 141 cm³/mol. The average Bonchev–Trinajstić information content (AvgIpc) is 3.32. The van der Waals surface area contributed by atoms with E-state index in [-0.39, 0.29) is 37.4 Å². The molecule has 10 heteroatoms. The fourth-order valence-corrected chi connectivity index (χ4v) is 3.85. The van der Waals surface area contributed by atoms with Crippen molar-refractivity contribution in [1.82, 2.24) is 19.7 Å². The highest BCUT2D eigenvalue weighted by atomic mass is 16.7. The van der Waals surface area contributed by atoms with Gasteiger partial charge in [0.2, 0.25) is 5.91 Å². The third-order valence-electron chi connectivity index (χ3n) is 5.43. The first-order chi connectivity index (χ1) is 17.7. The highest BCUT2D eigenvalue weighted by Gasteiger charge is 2.49. The van der Waals surface area contributed by atoms with E-state index in [0.717, 1.165) is 10.6 Å². The number of fused-ring (bicyclic) bond motifs is 1. The number of amides is 3. The molecule has 2 saturated heterocycles. The van der Waals surface area contributed by atoms with E-state index in [4.69, 9.17) is 9.57 Å². The number of benzene rings is 1. The summed E-state index contributed by atoms with van der Waals surface area (Å²) < 4.78 is 7.06. The molecule has 1 aromatic heterocycles. The van der Waals surface area contributed by atoms with Gasteiger partial charge >= 0.3 is 6.09 Å². The van der Waals surface area contributed by atoms with E-state index in [1.165, 1.54) is 16.2 Å². The Morgan fingerprint density at radius 2 is 1.78 bits per heavy atom. The number of carbonyl (C=O) groups excluding carboxylic acids is 3. The third-order valence-corrected chi connectivity index (χ3v) is 5.43. The van der Waals surface area contributed by atoms with Gasteiger partial charge in [0, 0.05) is 19.3 Å². The zero-order valence-corrected chi connectivity index (χ0v) is 23.1. The second kappa shape index (κ2) is 14.4. The van der Waals surface area contributed by atoms with Crippen LogP contribution in [0.4, 0.5) is 10.6 Å². The lowest BCUT2D eigenvalue weighted by molar-refractivity contribution is -0.256. The summed E-state index contributed by atoms with van der Waals surface area (Å²) in [6.45, 7) is 12.1. The van der Waals surface area contributed by atoms with Crippen molar-refractivity contribution in [2.24, 2.45) is 13.0 Å². The fraction of sp³-hybridized carbons (Fsp3) is 0.556. The van der Waals surface area contributed by atoms with Crippen molar-refractivity contribution >= 4 is 23.7 Å².